The number of rotatable bonds is 4. The third kappa shape index (κ3) is 3.05. The van der Waals surface area contributed by atoms with Crippen LogP contribution in [0.2, 0.25) is 0 Å². The van der Waals surface area contributed by atoms with Crippen LogP contribution in [0, 0.1) is 22.7 Å². The fourth-order valence-electron chi connectivity index (χ4n) is 5.55. The summed E-state index contributed by atoms with van der Waals surface area (Å²) in [6.45, 7) is 16.8. The number of aliphatic hydroxyl groups excluding tert-OH is 1. The summed E-state index contributed by atoms with van der Waals surface area (Å²) < 4.78 is 0. The maximum Gasteiger partial charge on any atom is 0.0797 e. The van der Waals surface area contributed by atoms with Gasteiger partial charge in [-0.3, -0.25) is 0 Å². The van der Waals surface area contributed by atoms with Crippen LogP contribution >= 0.6 is 0 Å². The molecule has 2 fully saturated rings. The van der Waals surface area contributed by atoms with Crippen LogP contribution < -0.4 is 0 Å². The first-order valence-corrected chi connectivity index (χ1v) is 8.75. The number of aliphatic hydroxyl groups is 2. The molecule has 126 valence electrons. The van der Waals surface area contributed by atoms with Gasteiger partial charge in [-0.25, -0.2) is 0 Å². The summed E-state index contributed by atoms with van der Waals surface area (Å²) in [7, 11) is 0. The second-order valence-electron chi connectivity index (χ2n) is 8.91. The first-order chi connectivity index (χ1) is 10.0. The van der Waals surface area contributed by atoms with Crippen molar-refractivity contribution >= 4 is 0 Å². The zero-order valence-electron chi connectivity index (χ0n) is 14.9. The zero-order valence-corrected chi connectivity index (χ0v) is 14.9. The predicted octanol–water partition coefficient (Wildman–Crippen LogP) is 4.47. The van der Waals surface area contributed by atoms with Crippen LogP contribution in [-0.2, 0) is 0 Å². The van der Waals surface area contributed by atoms with Crippen molar-refractivity contribution in [2.24, 2.45) is 22.7 Å². The van der Waals surface area contributed by atoms with E-state index in [4.69, 9.17) is 0 Å². The van der Waals surface area contributed by atoms with Gasteiger partial charge in [0.05, 0.1) is 11.7 Å². The van der Waals surface area contributed by atoms with Gasteiger partial charge in [0.2, 0.25) is 0 Å². The lowest BCUT2D eigenvalue weighted by Crippen LogP contribution is -2.55. The van der Waals surface area contributed by atoms with Gasteiger partial charge in [0.25, 0.3) is 0 Å². The van der Waals surface area contributed by atoms with E-state index in [1.54, 1.807) is 6.08 Å². The second-order valence-corrected chi connectivity index (χ2v) is 8.91. The molecule has 0 aliphatic heterocycles. The second kappa shape index (κ2) is 5.79. The highest BCUT2D eigenvalue weighted by Gasteiger charge is 2.56. The van der Waals surface area contributed by atoms with E-state index in [0.29, 0.717) is 24.7 Å². The third-order valence-electron chi connectivity index (χ3n) is 6.61. The highest BCUT2D eigenvalue weighted by atomic mass is 16.3. The molecule has 22 heavy (non-hydrogen) atoms. The molecular weight excluding hydrogens is 272 g/mol. The van der Waals surface area contributed by atoms with E-state index in [1.807, 2.05) is 6.92 Å². The molecule has 0 saturated heterocycles. The maximum absolute atomic E-state index is 10.7. The monoisotopic (exact) mass is 306 g/mol. The maximum atomic E-state index is 10.7. The Bertz CT molecular complexity index is 449. The van der Waals surface area contributed by atoms with Crippen LogP contribution in [0.25, 0.3) is 0 Å². The van der Waals surface area contributed by atoms with Gasteiger partial charge >= 0.3 is 0 Å². The highest BCUT2D eigenvalue weighted by Crippen LogP contribution is 2.61. The van der Waals surface area contributed by atoms with Crippen molar-refractivity contribution in [3.63, 3.8) is 0 Å². The average molecular weight is 306 g/mol. The summed E-state index contributed by atoms with van der Waals surface area (Å²) in [4.78, 5) is 0. The van der Waals surface area contributed by atoms with Gasteiger partial charge in [-0.1, -0.05) is 45.4 Å². The van der Waals surface area contributed by atoms with Crippen molar-refractivity contribution < 1.29 is 10.2 Å². The van der Waals surface area contributed by atoms with Crippen molar-refractivity contribution in [1.29, 1.82) is 0 Å². The summed E-state index contributed by atoms with van der Waals surface area (Å²) in [5.74, 6) is 0.699. The van der Waals surface area contributed by atoms with Gasteiger partial charge in [0.15, 0.2) is 0 Å². The van der Waals surface area contributed by atoms with Gasteiger partial charge < -0.3 is 10.2 Å². The lowest BCUT2D eigenvalue weighted by Gasteiger charge is -2.59. The minimum absolute atomic E-state index is 0.0910. The zero-order chi connectivity index (χ0) is 16.8. The van der Waals surface area contributed by atoms with Crippen LogP contribution in [0.15, 0.2) is 24.8 Å². The van der Waals surface area contributed by atoms with Crippen molar-refractivity contribution in [1.82, 2.24) is 0 Å². The molecule has 0 aromatic carbocycles. The summed E-state index contributed by atoms with van der Waals surface area (Å²) in [6.07, 6.45) is 7.26. The van der Waals surface area contributed by atoms with Crippen LogP contribution in [0.4, 0.5) is 0 Å². The van der Waals surface area contributed by atoms with Gasteiger partial charge in [0, 0.05) is 0 Å². The molecule has 5 atom stereocenters. The molecule has 0 heterocycles. The molecule has 2 aliphatic rings. The molecule has 0 spiro atoms. The highest BCUT2D eigenvalue weighted by molar-refractivity contribution is 5.18. The van der Waals surface area contributed by atoms with E-state index in [2.05, 4.69) is 33.9 Å². The Kier molecular flexibility index (Phi) is 4.68. The molecule has 2 aliphatic carbocycles. The van der Waals surface area contributed by atoms with Crippen molar-refractivity contribution in [2.75, 3.05) is 0 Å². The molecule has 0 aromatic rings. The number of hydrogen-bond donors (Lipinski definition) is 2. The van der Waals surface area contributed by atoms with Crippen LogP contribution in [0.5, 0.6) is 0 Å². The van der Waals surface area contributed by atoms with Crippen molar-refractivity contribution in [2.45, 2.75) is 77.9 Å². The van der Waals surface area contributed by atoms with Gasteiger partial charge in [-0.2, -0.15) is 0 Å². The predicted molar refractivity (Wildman–Crippen MR) is 92.5 cm³/mol. The Balaban J connectivity index is 2.28. The number of fused-ring (bicyclic) bond motifs is 1. The fraction of sp³-hybridized carbons (Fsp3) is 0.800. The largest absolute Gasteiger partial charge is 0.392 e. The van der Waals surface area contributed by atoms with Gasteiger partial charge in [0.1, 0.15) is 0 Å². The summed E-state index contributed by atoms with van der Waals surface area (Å²) in [5, 5.41) is 21.0. The third-order valence-corrected chi connectivity index (χ3v) is 6.61. The summed E-state index contributed by atoms with van der Waals surface area (Å²) in [6, 6.07) is 0. The topological polar surface area (TPSA) is 40.5 Å². The first kappa shape index (κ1) is 17.7. The smallest absolute Gasteiger partial charge is 0.0797 e. The number of hydrogen-bond acceptors (Lipinski definition) is 2. The fourth-order valence-corrected chi connectivity index (χ4v) is 5.55. The van der Waals surface area contributed by atoms with Crippen molar-refractivity contribution in [3.8, 4) is 0 Å². The molecular formula is C20H34O2. The van der Waals surface area contributed by atoms with E-state index in [9.17, 15) is 10.2 Å². The molecule has 0 bridgehead atoms. The Morgan fingerprint density at radius 2 is 1.95 bits per heavy atom. The molecule has 0 amide bonds. The van der Waals surface area contributed by atoms with Gasteiger partial charge in [-0.05, 0) is 61.7 Å². The van der Waals surface area contributed by atoms with Crippen LogP contribution in [-0.4, -0.2) is 21.9 Å². The molecule has 2 N–H and O–H groups in total. The normalized spacial score (nSPS) is 40.6. The standard InChI is InChI=1S/C20H34O2/c1-7-19(5,22)12-9-15-14(2)13-16(21)17-18(3,4)10-8-11-20(15,17)6/h7,15-17,21-22H,1-2,8-13H2,3-6H3/t15-,16+,17-,19+,20+/m1/s1. The van der Waals surface area contributed by atoms with Crippen LogP contribution in [0.3, 0.4) is 0 Å². The van der Waals surface area contributed by atoms with E-state index in [1.165, 1.54) is 18.4 Å². The van der Waals surface area contributed by atoms with E-state index in [-0.39, 0.29) is 16.9 Å². The summed E-state index contributed by atoms with van der Waals surface area (Å²) >= 11 is 0. The Morgan fingerprint density at radius 3 is 2.55 bits per heavy atom. The lowest BCUT2D eigenvalue weighted by atomic mass is 9.46. The van der Waals surface area contributed by atoms with Crippen LogP contribution in [0.1, 0.15) is 66.2 Å². The SMILES string of the molecule is C=C[C@](C)(O)CC[C@@H]1C(=C)C[C@H](O)[C@@H]2C(C)(C)CCC[C@@]12C. The Morgan fingerprint density at radius 1 is 1.32 bits per heavy atom. The molecule has 2 saturated carbocycles. The summed E-state index contributed by atoms with van der Waals surface area (Å²) in [5.41, 5.74) is 0.621. The molecule has 2 nitrogen and oxygen atoms in total. The van der Waals surface area contributed by atoms with E-state index < -0.39 is 5.60 Å². The Hall–Kier alpha value is -0.600. The first-order valence-electron chi connectivity index (χ1n) is 8.75. The average Bonchev–Trinajstić information content (AvgIpc) is 2.36. The Labute approximate surface area is 136 Å². The quantitative estimate of drug-likeness (QED) is 0.752. The molecule has 2 heteroatoms. The van der Waals surface area contributed by atoms with E-state index in [0.717, 1.165) is 12.8 Å². The minimum Gasteiger partial charge on any atom is -0.392 e. The van der Waals surface area contributed by atoms with Gasteiger partial charge in [-0.15, -0.1) is 6.58 Å². The molecule has 2 rings (SSSR count). The van der Waals surface area contributed by atoms with Crippen molar-refractivity contribution in [3.05, 3.63) is 24.8 Å². The van der Waals surface area contributed by atoms with E-state index >= 15 is 0 Å². The molecule has 0 unspecified atom stereocenters. The molecule has 0 aromatic heterocycles. The molecule has 0 radical (unpaired) electrons. The minimum atomic E-state index is -0.813. The lowest BCUT2D eigenvalue weighted by molar-refractivity contribution is -0.123.